The molecule has 1 rings (SSSR count). The lowest BCUT2D eigenvalue weighted by molar-refractivity contribution is 0.124. The normalized spacial score (nSPS) is 12.4. The van der Waals surface area contributed by atoms with Crippen LogP contribution >= 0.6 is 0 Å². The van der Waals surface area contributed by atoms with Crippen molar-refractivity contribution in [3.8, 4) is 0 Å². The van der Waals surface area contributed by atoms with Gasteiger partial charge in [-0.15, -0.1) is 0 Å². The van der Waals surface area contributed by atoms with Crippen LogP contribution in [0, 0.1) is 0 Å². The number of hydrogen-bond acceptors (Lipinski definition) is 3. The number of ether oxygens (including phenoxy) is 1. The standard InChI is InChI=1S/C18H32N2O/c1-15(2)20(11-12-21-6)14-17-10-8-7-9-16(17)13-19-18(3,4)5/h7-10,15,19H,11-14H2,1-6H3. The fourth-order valence-corrected chi connectivity index (χ4v) is 2.19. The smallest absolute Gasteiger partial charge is 0.0589 e. The predicted octanol–water partition coefficient (Wildman–Crippen LogP) is 3.43. The Hall–Kier alpha value is -0.900. The van der Waals surface area contributed by atoms with Gasteiger partial charge in [0.25, 0.3) is 0 Å². The molecule has 0 bridgehead atoms. The van der Waals surface area contributed by atoms with E-state index in [0.717, 1.165) is 26.2 Å². The van der Waals surface area contributed by atoms with E-state index in [0.29, 0.717) is 6.04 Å². The first kappa shape index (κ1) is 18.1. The number of nitrogens with zero attached hydrogens (tertiary/aromatic N) is 1. The highest BCUT2D eigenvalue weighted by Crippen LogP contribution is 2.15. The Balaban J connectivity index is 2.76. The summed E-state index contributed by atoms with van der Waals surface area (Å²) in [6.45, 7) is 14.7. The molecule has 1 N–H and O–H groups in total. The van der Waals surface area contributed by atoms with Gasteiger partial charge in [0.2, 0.25) is 0 Å². The van der Waals surface area contributed by atoms with Crippen LogP contribution in [0.5, 0.6) is 0 Å². The molecule has 0 saturated carbocycles. The SMILES string of the molecule is COCCN(Cc1ccccc1CNC(C)(C)C)C(C)C. The largest absolute Gasteiger partial charge is 0.383 e. The summed E-state index contributed by atoms with van der Waals surface area (Å²) in [5.41, 5.74) is 2.93. The van der Waals surface area contributed by atoms with Gasteiger partial charge in [-0.1, -0.05) is 24.3 Å². The van der Waals surface area contributed by atoms with E-state index >= 15 is 0 Å². The lowest BCUT2D eigenvalue weighted by Crippen LogP contribution is -2.36. The van der Waals surface area contributed by atoms with E-state index < -0.39 is 0 Å². The van der Waals surface area contributed by atoms with Crippen molar-refractivity contribution < 1.29 is 4.74 Å². The van der Waals surface area contributed by atoms with Gasteiger partial charge in [0.1, 0.15) is 0 Å². The molecule has 0 aromatic heterocycles. The number of methoxy groups -OCH3 is 1. The molecule has 0 spiro atoms. The van der Waals surface area contributed by atoms with Crippen LogP contribution in [0.3, 0.4) is 0 Å². The third-order valence-corrected chi connectivity index (χ3v) is 3.61. The molecule has 0 saturated heterocycles. The maximum atomic E-state index is 5.23. The summed E-state index contributed by atoms with van der Waals surface area (Å²) in [5.74, 6) is 0. The summed E-state index contributed by atoms with van der Waals surface area (Å²) in [6, 6.07) is 9.23. The van der Waals surface area contributed by atoms with E-state index in [1.54, 1.807) is 7.11 Å². The summed E-state index contributed by atoms with van der Waals surface area (Å²) >= 11 is 0. The molecule has 21 heavy (non-hydrogen) atoms. The Morgan fingerprint density at radius 1 is 1.14 bits per heavy atom. The molecule has 0 aliphatic heterocycles. The van der Waals surface area contributed by atoms with Crippen molar-refractivity contribution in [2.45, 2.75) is 59.3 Å². The Morgan fingerprint density at radius 3 is 2.29 bits per heavy atom. The highest BCUT2D eigenvalue weighted by atomic mass is 16.5. The highest BCUT2D eigenvalue weighted by Gasteiger charge is 2.14. The van der Waals surface area contributed by atoms with Crippen molar-refractivity contribution in [2.75, 3.05) is 20.3 Å². The molecule has 1 aromatic carbocycles. The number of hydrogen-bond donors (Lipinski definition) is 1. The van der Waals surface area contributed by atoms with Crippen LogP contribution in [0.1, 0.15) is 45.7 Å². The maximum Gasteiger partial charge on any atom is 0.0589 e. The number of nitrogens with one attached hydrogen (secondary N) is 1. The second-order valence-electron chi connectivity index (χ2n) is 6.93. The van der Waals surface area contributed by atoms with Gasteiger partial charge < -0.3 is 10.1 Å². The molecular formula is C18H32N2O. The second kappa shape index (κ2) is 8.52. The van der Waals surface area contributed by atoms with Crippen molar-refractivity contribution in [1.82, 2.24) is 10.2 Å². The van der Waals surface area contributed by atoms with E-state index in [1.807, 2.05) is 0 Å². The van der Waals surface area contributed by atoms with Crippen LogP contribution in [0.15, 0.2) is 24.3 Å². The first-order chi connectivity index (χ1) is 9.83. The average Bonchev–Trinajstić information content (AvgIpc) is 2.41. The van der Waals surface area contributed by atoms with E-state index in [-0.39, 0.29) is 5.54 Å². The summed E-state index contributed by atoms with van der Waals surface area (Å²) in [6.07, 6.45) is 0. The van der Waals surface area contributed by atoms with Crippen LogP contribution in [0.25, 0.3) is 0 Å². The molecule has 0 fully saturated rings. The zero-order valence-electron chi connectivity index (χ0n) is 14.6. The molecule has 0 atom stereocenters. The lowest BCUT2D eigenvalue weighted by Gasteiger charge is -2.28. The molecule has 0 amide bonds. The fraction of sp³-hybridized carbons (Fsp3) is 0.667. The van der Waals surface area contributed by atoms with Gasteiger partial charge in [0.15, 0.2) is 0 Å². The van der Waals surface area contributed by atoms with Gasteiger partial charge in [-0.25, -0.2) is 0 Å². The van der Waals surface area contributed by atoms with Gasteiger partial charge in [-0.3, -0.25) is 4.90 Å². The molecule has 0 radical (unpaired) electrons. The molecular weight excluding hydrogens is 260 g/mol. The zero-order chi connectivity index (χ0) is 15.9. The molecule has 120 valence electrons. The Labute approximate surface area is 130 Å². The van der Waals surface area contributed by atoms with Crippen LogP contribution < -0.4 is 5.32 Å². The maximum absolute atomic E-state index is 5.23. The van der Waals surface area contributed by atoms with Crippen molar-refractivity contribution in [3.63, 3.8) is 0 Å². The third kappa shape index (κ3) is 7.07. The monoisotopic (exact) mass is 292 g/mol. The molecule has 0 unspecified atom stereocenters. The van der Waals surface area contributed by atoms with Crippen molar-refractivity contribution in [2.24, 2.45) is 0 Å². The third-order valence-electron chi connectivity index (χ3n) is 3.61. The van der Waals surface area contributed by atoms with Gasteiger partial charge in [-0.05, 0) is 45.7 Å². The van der Waals surface area contributed by atoms with E-state index in [2.05, 4.69) is 69.1 Å². The summed E-state index contributed by atoms with van der Waals surface area (Å²) in [5, 5.41) is 3.58. The quantitative estimate of drug-likeness (QED) is 0.794. The van der Waals surface area contributed by atoms with Crippen LogP contribution in [0.4, 0.5) is 0 Å². The van der Waals surface area contributed by atoms with E-state index in [4.69, 9.17) is 4.74 Å². The van der Waals surface area contributed by atoms with E-state index in [9.17, 15) is 0 Å². The lowest BCUT2D eigenvalue weighted by atomic mass is 10.0. The Bertz CT molecular complexity index is 410. The molecule has 3 heteroatoms. The summed E-state index contributed by atoms with van der Waals surface area (Å²) in [4.78, 5) is 2.46. The molecule has 0 heterocycles. The first-order valence-electron chi connectivity index (χ1n) is 7.88. The first-order valence-corrected chi connectivity index (χ1v) is 7.88. The topological polar surface area (TPSA) is 24.5 Å². The van der Waals surface area contributed by atoms with Crippen molar-refractivity contribution in [1.29, 1.82) is 0 Å². The predicted molar refractivity (Wildman–Crippen MR) is 90.5 cm³/mol. The Morgan fingerprint density at radius 2 is 1.76 bits per heavy atom. The van der Waals surface area contributed by atoms with Crippen LogP contribution in [-0.4, -0.2) is 36.7 Å². The fourth-order valence-electron chi connectivity index (χ4n) is 2.19. The minimum Gasteiger partial charge on any atom is -0.383 e. The highest BCUT2D eigenvalue weighted by molar-refractivity contribution is 5.27. The van der Waals surface area contributed by atoms with Crippen LogP contribution in [-0.2, 0) is 17.8 Å². The molecule has 1 aromatic rings. The Kier molecular flexibility index (Phi) is 7.36. The minimum atomic E-state index is 0.140. The average molecular weight is 292 g/mol. The van der Waals surface area contributed by atoms with Gasteiger partial charge >= 0.3 is 0 Å². The van der Waals surface area contributed by atoms with Crippen molar-refractivity contribution >= 4 is 0 Å². The van der Waals surface area contributed by atoms with Crippen molar-refractivity contribution in [3.05, 3.63) is 35.4 Å². The van der Waals surface area contributed by atoms with Gasteiger partial charge in [0, 0.05) is 38.3 Å². The van der Waals surface area contributed by atoms with Gasteiger partial charge in [-0.2, -0.15) is 0 Å². The van der Waals surface area contributed by atoms with E-state index in [1.165, 1.54) is 11.1 Å². The second-order valence-corrected chi connectivity index (χ2v) is 6.93. The van der Waals surface area contributed by atoms with Gasteiger partial charge in [0.05, 0.1) is 6.61 Å². The molecule has 3 nitrogen and oxygen atoms in total. The zero-order valence-corrected chi connectivity index (χ0v) is 14.6. The summed E-state index contributed by atoms with van der Waals surface area (Å²) in [7, 11) is 1.76. The van der Waals surface area contributed by atoms with Crippen LogP contribution in [0.2, 0.25) is 0 Å². The molecule has 0 aliphatic rings. The number of rotatable bonds is 8. The molecule has 0 aliphatic carbocycles. The minimum absolute atomic E-state index is 0.140. The summed E-state index contributed by atoms with van der Waals surface area (Å²) < 4.78 is 5.23. The number of benzene rings is 1.